The number of oxime groups is 1. The van der Waals surface area contributed by atoms with Gasteiger partial charge in [-0.05, 0) is 13.8 Å². The Kier molecular flexibility index (Phi) is 3.66. The summed E-state index contributed by atoms with van der Waals surface area (Å²) in [5.41, 5.74) is 5.34. The standard InChI is InChI=1S/C12H22N6O/c1-12(2,10(13)15-19)18-8-6-17(7-9-18)11-14-4-5-16(11)3/h4-5,19H,6-9H2,1-3H3,(H2,13,15). The van der Waals surface area contributed by atoms with E-state index in [-0.39, 0.29) is 5.84 Å². The maximum Gasteiger partial charge on any atom is 0.205 e. The summed E-state index contributed by atoms with van der Waals surface area (Å²) in [5.74, 6) is 1.24. The smallest absolute Gasteiger partial charge is 0.205 e. The van der Waals surface area contributed by atoms with Gasteiger partial charge >= 0.3 is 0 Å². The lowest BCUT2D eigenvalue weighted by atomic mass is 10.0. The average Bonchev–Trinajstić information content (AvgIpc) is 2.84. The van der Waals surface area contributed by atoms with Crippen LogP contribution in [-0.4, -0.2) is 57.2 Å². The summed E-state index contributed by atoms with van der Waals surface area (Å²) in [6.45, 7) is 7.42. The molecule has 1 saturated heterocycles. The highest BCUT2D eigenvalue weighted by Crippen LogP contribution is 2.19. The second-order valence-corrected chi connectivity index (χ2v) is 5.36. The second kappa shape index (κ2) is 5.08. The first-order chi connectivity index (χ1) is 8.96. The largest absolute Gasteiger partial charge is 0.409 e. The van der Waals surface area contributed by atoms with Crippen molar-refractivity contribution >= 4 is 11.8 Å². The Morgan fingerprint density at radius 2 is 2.00 bits per heavy atom. The summed E-state index contributed by atoms with van der Waals surface area (Å²) in [7, 11) is 2.00. The number of hydrogen-bond donors (Lipinski definition) is 2. The molecule has 0 spiro atoms. The third kappa shape index (κ3) is 2.51. The van der Waals surface area contributed by atoms with Gasteiger partial charge in [-0.25, -0.2) is 4.98 Å². The van der Waals surface area contributed by atoms with Gasteiger partial charge in [0.2, 0.25) is 5.95 Å². The molecule has 0 aromatic carbocycles. The molecule has 0 bridgehead atoms. The lowest BCUT2D eigenvalue weighted by Crippen LogP contribution is -2.60. The van der Waals surface area contributed by atoms with Gasteiger partial charge in [-0.2, -0.15) is 0 Å². The molecule has 1 aromatic rings. The maximum atomic E-state index is 8.85. The van der Waals surface area contributed by atoms with Crippen molar-refractivity contribution in [3.8, 4) is 0 Å². The van der Waals surface area contributed by atoms with Crippen molar-refractivity contribution in [3.63, 3.8) is 0 Å². The molecule has 0 amide bonds. The van der Waals surface area contributed by atoms with E-state index in [1.54, 1.807) is 0 Å². The first kappa shape index (κ1) is 13.7. The molecule has 3 N–H and O–H groups in total. The molecule has 0 saturated carbocycles. The molecule has 2 heterocycles. The molecule has 1 aliphatic heterocycles. The molecule has 2 rings (SSSR count). The number of nitrogens with two attached hydrogens (primary N) is 1. The SMILES string of the molecule is Cn1ccnc1N1CCN(C(C)(C)/C(N)=N/O)CC1. The maximum absolute atomic E-state index is 8.85. The normalized spacial score (nSPS) is 18.9. The van der Waals surface area contributed by atoms with Crippen LogP contribution in [0.3, 0.4) is 0 Å². The molecule has 1 aliphatic rings. The van der Waals surface area contributed by atoms with E-state index in [1.807, 2.05) is 37.9 Å². The van der Waals surface area contributed by atoms with Gasteiger partial charge in [0.05, 0.1) is 5.54 Å². The van der Waals surface area contributed by atoms with Crippen LogP contribution in [0.5, 0.6) is 0 Å². The number of amidine groups is 1. The van der Waals surface area contributed by atoms with Crippen LogP contribution < -0.4 is 10.6 Å². The Balaban J connectivity index is 2.02. The van der Waals surface area contributed by atoms with Gasteiger partial charge in [0, 0.05) is 45.6 Å². The molecule has 19 heavy (non-hydrogen) atoms. The van der Waals surface area contributed by atoms with Crippen LogP contribution in [0.15, 0.2) is 17.5 Å². The first-order valence-corrected chi connectivity index (χ1v) is 6.42. The fourth-order valence-electron chi connectivity index (χ4n) is 2.41. The molecular weight excluding hydrogens is 244 g/mol. The second-order valence-electron chi connectivity index (χ2n) is 5.36. The number of rotatable bonds is 3. The third-order valence-corrected chi connectivity index (χ3v) is 3.88. The van der Waals surface area contributed by atoms with Crippen LogP contribution in [0.4, 0.5) is 5.95 Å². The number of nitrogens with zero attached hydrogens (tertiary/aromatic N) is 5. The zero-order chi connectivity index (χ0) is 14.0. The van der Waals surface area contributed by atoms with E-state index in [9.17, 15) is 0 Å². The zero-order valence-electron chi connectivity index (χ0n) is 11.7. The van der Waals surface area contributed by atoms with Crippen molar-refractivity contribution in [2.45, 2.75) is 19.4 Å². The minimum Gasteiger partial charge on any atom is -0.409 e. The fourth-order valence-corrected chi connectivity index (χ4v) is 2.41. The van der Waals surface area contributed by atoms with Crippen molar-refractivity contribution in [2.24, 2.45) is 17.9 Å². The molecule has 106 valence electrons. The Bertz CT molecular complexity index is 459. The van der Waals surface area contributed by atoms with E-state index >= 15 is 0 Å². The highest BCUT2D eigenvalue weighted by molar-refractivity contribution is 5.88. The predicted octanol–water partition coefficient (Wildman–Crippen LogP) is 0.0671. The van der Waals surface area contributed by atoms with Crippen LogP contribution in [-0.2, 0) is 7.05 Å². The van der Waals surface area contributed by atoms with Crippen LogP contribution in [0.25, 0.3) is 0 Å². The van der Waals surface area contributed by atoms with Gasteiger partial charge in [-0.1, -0.05) is 5.16 Å². The fraction of sp³-hybridized carbons (Fsp3) is 0.667. The zero-order valence-corrected chi connectivity index (χ0v) is 11.7. The lowest BCUT2D eigenvalue weighted by Gasteiger charge is -2.43. The molecule has 0 radical (unpaired) electrons. The van der Waals surface area contributed by atoms with Gasteiger partial charge < -0.3 is 20.4 Å². The summed E-state index contributed by atoms with van der Waals surface area (Å²) in [6.07, 6.45) is 3.75. The number of anilines is 1. The topological polar surface area (TPSA) is 82.9 Å². The lowest BCUT2D eigenvalue weighted by molar-refractivity contribution is 0.160. The van der Waals surface area contributed by atoms with Gasteiger partial charge in [-0.15, -0.1) is 0 Å². The van der Waals surface area contributed by atoms with Crippen LogP contribution in [0.2, 0.25) is 0 Å². The summed E-state index contributed by atoms with van der Waals surface area (Å²) in [4.78, 5) is 8.83. The number of imidazole rings is 1. The highest BCUT2D eigenvalue weighted by atomic mass is 16.4. The molecular formula is C12H22N6O. The summed E-state index contributed by atoms with van der Waals surface area (Å²) >= 11 is 0. The third-order valence-electron chi connectivity index (χ3n) is 3.88. The van der Waals surface area contributed by atoms with E-state index < -0.39 is 5.54 Å². The summed E-state index contributed by atoms with van der Waals surface area (Å²) in [6, 6.07) is 0. The van der Waals surface area contributed by atoms with Crippen LogP contribution in [0.1, 0.15) is 13.8 Å². The molecule has 0 atom stereocenters. The molecule has 0 aliphatic carbocycles. The number of aromatic nitrogens is 2. The molecule has 7 nitrogen and oxygen atoms in total. The van der Waals surface area contributed by atoms with Crippen molar-refractivity contribution in [2.75, 3.05) is 31.1 Å². The first-order valence-electron chi connectivity index (χ1n) is 6.42. The van der Waals surface area contributed by atoms with E-state index in [0.29, 0.717) is 0 Å². The van der Waals surface area contributed by atoms with Gasteiger partial charge in [0.1, 0.15) is 0 Å². The molecule has 0 unspecified atom stereocenters. The number of piperazine rings is 1. The Hall–Kier alpha value is -1.76. The Morgan fingerprint density at radius 3 is 2.47 bits per heavy atom. The Morgan fingerprint density at radius 1 is 1.37 bits per heavy atom. The molecule has 7 heteroatoms. The summed E-state index contributed by atoms with van der Waals surface area (Å²) in [5, 5.41) is 12.0. The van der Waals surface area contributed by atoms with Crippen molar-refractivity contribution in [1.82, 2.24) is 14.5 Å². The molecule has 1 fully saturated rings. The van der Waals surface area contributed by atoms with Crippen LogP contribution in [0, 0.1) is 0 Å². The Labute approximate surface area is 113 Å². The van der Waals surface area contributed by atoms with E-state index in [1.165, 1.54) is 0 Å². The van der Waals surface area contributed by atoms with Crippen LogP contribution >= 0.6 is 0 Å². The number of aryl methyl sites for hydroxylation is 1. The quantitative estimate of drug-likeness (QED) is 0.350. The van der Waals surface area contributed by atoms with E-state index in [0.717, 1.165) is 32.1 Å². The predicted molar refractivity (Wildman–Crippen MR) is 74.5 cm³/mol. The monoisotopic (exact) mass is 266 g/mol. The summed E-state index contributed by atoms with van der Waals surface area (Å²) < 4.78 is 2.02. The van der Waals surface area contributed by atoms with Crippen molar-refractivity contribution in [1.29, 1.82) is 0 Å². The minimum atomic E-state index is -0.428. The van der Waals surface area contributed by atoms with Crippen molar-refractivity contribution in [3.05, 3.63) is 12.4 Å². The minimum absolute atomic E-state index is 0.248. The van der Waals surface area contributed by atoms with E-state index in [4.69, 9.17) is 10.9 Å². The number of hydrogen-bond acceptors (Lipinski definition) is 5. The van der Waals surface area contributed by atoms with Gasteiger partial charge in [-0.3, -0.25) is 4.90 Å². The van der Waals surface area contributed by atoms with Gasteiger partial charge in [0.25, 0.3) is 0 Å². The highest BCUT2D eigenvalue weighted by Gasteiger charge is 2.34. The van der Waals surface area contributed by atoms with E-state index in [2.05, 4.69) is 19.9 Å². The average molecular weight is 266 g/mol. The van der Waals surface area contributed by atoms with Crippen molar-refractivity contribution < 1.29 is 5.21 Å². The molecule has 1 aromatic heterocycles. The van der Waals surface area contributed by atoms with Gasteiger partial charge in [0.15, 0.2) is 5.84 Å².